The zero-order valence-electron chi connectivity index (χ0n) is 11.3. The molecule has 2 N–H and O–H groups in total. The van der Waals surface area contributed by atoms with Crippen LogP contribution < -0.4 is 5.32 Å². The van der Waals surface area contributed by atoms with Crippen LogP contribution in [0.15, 0.2) is 24.3 Å². The molecule has 4 heteroatoms. The van der Waals surface area contributed by atoms with Crippen molar-refractivity contribution >= 4 is 11.3 Å². The number of thiazole rings is 1. The van der Waals surface area contributed by atoms with Crippen molar-refractivity contribution in [2.24, 2.45) is 0 Å². The Morgan fingerprint density at radius 3 is 3.10 bits per heavy atom. The van der Waals surface area contributed by atoms with Gasteiger partial charge in [-0.2, -0.15) is 0 Å². The Hall–Kier alpha value is -1.23. The Morgan fingerprint density at radius 2 is 2.20 bits per heavy atom. The standard InChI is InChI=1S/C16H18N2OS/c19-13-8-10-4-1-2-5-11(10)16(13)17-9-15-18-12-6-3-7-14(12)20-15/h1-2,4-5,13,16-17,19H,3,6-9H2/t13-,16+/m0/s1. The van der Waals surface area contributed by atoms with Gasteiger partial charge in [0.25, 0.3) is 0 Å². The van der Waals surface area contributed by atoms with Gasteiger partial charge in [-0.1, -0.05) is 24.3 Å². The predicted octanol–water partition coefficient (Wildman–Crippen LogP) is 2.38. The normalized spacial score (nSPS) is 23.9. The third-order valence-corrected chi connectivity index (χ3v) is 5.47. The van der Waals surface area contributed by atoms with Gasteiger partial charge in [0.2, 0.25) is 0 Å². The molecule has 0 amide bonds. The van der Waals surface area contributed by atoms with Crippen molar-refractivity contribution < 1.29 is 5.11 Å². The minimum atomic E-state index is -0.320. The summed E-state index contributed by atoms with van der Waals surface area (Å²) in [5.74, 6) is 0. The number of fused-ring (bicyclic) bond motifs is 2. The smallest absolute Gasteiger partial charge is 0.107 e. The number of aliphatic hydroxyl groups excluding tert-OH is 1. The maximum Gasteiger partial charge on any atom is 0.107 e. The van der Waals surface area contributed by atoms with Crippen LogP contribution in [0.3, 0.4) is 0 Å². The number of aliphatic hydroxyl groups is 1. The topological polar surface area (TPSA) is 45.1 Å². The van der Waals surface area contributed by atoms with Crippen LogP contribution in [0.1, 0.15) is 39.2 Å². The number of nitrogens with one attached hydrogen (secondary N) is 1. The molecule has 104 valence electrons. The van der Waals surface area contributed by atoms with Crippen molar-refractivity contribution in [2.45, 2.75) is 44.4 Å². The monoisotopic (exact) mass is 286 g/mol. The molecular formula is C16H18N2OS. The van der Waals surface area contributed by atoms with Crippen LogP contribution in [0.5, 0.6) is 0 Å². The Kier molecular flexibility index (Phi) is 3.10. The van der Waals surface area contributed by atoms with E-state index in [1.165, 1.54) is 34.5 Å². The molecule has 1 heterocycles. The summed E-state index contributed by atoms with van der Waals surface area (Å²) in [6.45, 7) is 0.758. The summed E-state index contributed by atoms with van der Waals surface area (Å²) < 4.78 is 0. The van der Waals surface area contributed by atoms with E-state index in [2.05, 4.69) is 17.4 Å². The second kappa shape index (κ2) is 4.95. The lowest BCUT2D eigenvalue weighted by Gasteiger charge is -2.17. The van der Waals surface area contributed by atoms with E-state index in [1.54, 1.807) is 0 Å². The number of hydrogen-bond acceptors (Lipinski definition) is 4. The molecule has 2 aliphatic rings. The molecule has 2 aliphatic carbocycles. The van der Waals surface area contributed by atoms with Crippen LogP contribution >= 0.6 is 11.3 Å². The molecule has 4 rings (SSSR count). The number of nitrogens with zero attached hydrogens (tertiary/aromatic N) is 1. The third kappa shape index (κ3) is 2.08. The lowest BCUT2D eigenvalue weighted by atomic mass is 10.1. The Balaban J connectivity index is 1.49. The van der Waals surface area contributed by atoms with Crippen LogP contribution in [0, 0.1) is 0 Å². The zero-order valence-corrected chi connectivity index (χ0v) is 12.1. The summed E-state index contributed by atoms with van der Waals surface area (Å²) in [6.07, 6.45) is 4.03. The minimum Gasteiger partial charge on any atom is -0.391 e. The van der Waals surface area contributed by atoms with E-state index in [4.69, 9.17) is 4.98 Å². The zero-order chi connectivity index (χ0) is 13.5. The molecule has 2 aromatic rings. The largest absolute Gasteiger partial charge is 0.391 e. The molecule has 3 nitrogen and oxygen atoms in total. The molecule has 0 unspecified atom stereocenters. The van der Waals surface area contributed by atoms with E-state index in [1.807, 2.05) is 23.5 Å². The van der Waals surface area contributed by atoms with E-state index >= 15 is 0 Å². The number of aromatic nitrogens is 1. The molecular weight excluding hydrogens is 268 g/mol. The summed E-state index contributed by atoms with van der Waals surface area (Å²) >= 11 is 1.83. The van der Waals surface area contributed by atoms with E-state index in [0.717, 1.165) is 24.4 Å². The van der Waals surface area contributed by atoms with Gasteiger partial charge in [-0.05, 0) is 30.4 Å². The van der Waals surface area contributed by atoms with E-state index in [-0.39, 0.29) is 12.1 Å². The minimum absolute atomic E-state index is 0.0462. The summed E-state index contributed by atoms with van der Waals surface area (Å²) in [7, 11) is 0. The average Bonchev–Trinajstić information content (AvgIpc) is 3.08. The Labute approximate surface area is 122 Å². The van der Waals surface area contributed by atoms with Crippen LogP contribution in [0.4, 0.5) is 0 Å². The van der Waals surface area contributed by atoms with Crippen molar-refractivity contribution in [1.82, 2.24) is 10.3 Å². The molecule has 1 aromatic carbocycles. The molecule has 0 fully saturated rings. The summed E-state index contributed by atoms with van der Waals surface area (Å²) in [5.41, 5.74) is 3.81. The SMILES string of the molecule is O[C@H]1Cc2ccccc2[C@H]1NCc1nc2c(s1)CCC2. The van der Waals surface area contributed by atoms with Gasteiger partial charge in [0.05, 0.1) is 17.8 Å². The fourth-order valence-electron chi connectivity index (χ4n) is 3.34. The lowest BCUT2D eigenvalue weighted by molar-refractivity contribution is 0.140. The van der Waals surface area contributed by atoms with Crippen molar-refractivity contribution in [3.8, 4) is 0 Å². The van der Waals surface area contributed by atoms with Crippen LogP contribution in [-0.2, 0) is 25.8 Å². The third-order valence-electron chi connectivity index (χ3n) is 4.32. The van der Waals surface area contributed by atoms with Gasteiger partial charge in [-0.25, -0.2) is 4.98 Å². The van der Waals surface area contributed by atoms with E-state index < -0.39 is 0 Å². The second-order valence-electron chi connectivity index (χ2n) is 5.66. The van der Waals surface area contributed by atoms with Crippen molar-refractivity contribution in [3.05, 3.63) is 51.0 Å². The summed E-state index contributed by atoms with van der Waals surface area (Å²) in [5, 5.41) is 14.9. The molecule has 0 saturated heterocycles. The van der Waals surface area contributed by atoms with E-state index in [9.17, 15) is 5.11 Å². The summed E-state index contributed by atoms with van der Waals surface area (Å²) in [4.78, 5) is 6.17. The van der Waals surface area contributed by atoms with Crippen LogP contribution in [0.25, 0.3) is 0 Å². The van der Waals surface area contributed by atoms with Crippen LogP contribution in [-0.4, -0.2) is 16.2 Å². The first-order chi connectivity index (χ1) is 9.81. The Bertz CT molecular complexity index is 616. The molecule has 20 heavy (non-hydrogen) atoms. The fourth-order valence-corrected chi connectivity index (χ4v) is 4.44. The molecule has 0 bridgehead atoms. The molecule has 1 aromatic heterocycles. The highest BCUT2D eigenvalue weighted by atomic mass is 32.1. The van der Waals surface area contributed by atoms with Gasteiger partial charge in [-0.3, -0.25) is 0 Å². The molecule has 0 radical (unpaired) electrons. The molecule has 2 atom stereocenters. The maximum absolute atomic E-state index is 10.2. The highest BCUT2D eigenvalue weighted by molar-refractivity contribution is 7.11. The second-order valence-corrected chi connectivity index (χ2v) is 6.83. The number of hydrogen-bond donors (Lipinski definition) is 2. The van der Waals surface area contributed by atoms with Gasteiger partial charge in [-0.15, -0.1) is 11.3 Å². The van der Waals surface area contributed by atoms with Gasteiger partial charge in [0, 0.05) is 17.8 Å². The quantitative estimate of drug-likeness (QED) is 0.910. The number of rotatable bonds is 3. The van der Waals surface area contributed by atoms with Crippen molar-refractivity contribution in [2.75, 3.05) is 0 Å². The van der Waals surface area contributed by atoms with Crippen LogP contribution in [0.2, 0.25) is 0 Å². The first-order valence-corrected chi connectivity index (χ1v) is 8.09. The van der Waals surface area contributed by atoms with Crippen molar-refractivity contribution in [1.29, 1.82) is 0 Å². The summed E-state index contributed by atoms with van der Waals surface area (Å²) in [6, 6.07) is 8.36. The van der Waals surface area contributed by atoms with Gasteiger partial charge >= 0.3 is 0 Å². The maximum atomic E-state index is 10.2. The van der Waals surface area contributed by atoms with E-state index in [0.29, 0.717) is 0 Å². The number of benzene rings is 1. The highest BCUT2D eigenvalue weighted by Gasteiger charge is 2.30. The van der Waals surface area contributed by atoms with Gasteiger partial charge in [0.15, 0.2) is 0 Å². The number of aryl methyl sites for hydroxylation is 2. The first kappa shape index (κ1) is 12.5. The lowest BCUT2D eigenvalue weighted by Crippen LogP contribution is -2.28. The van der Waals surface area contributed by atoms with Gasteiger partial charge in [0.1, 0.15) is 5.01 Å². The van der Waals surface area contributed by atoms with Gasteiger partial charge < -0.3 is 10.4 Å². The Morgan fingerprint density at radius 1 is 1.30 bits per heavy atom. The predicted molar refractivity (Wildman–Crippen MR) is 79.9 cm³/mol. The highest BCUT2D eigenvalue weighted by Crippen LogP contribution is 2.32. The molecule has 0 spiro atoms. The molecule has 0 aliphatic heterocycles. The average molecular weight is 286 g/mol. The fraction of sp³-hybridized carbons (Fsp3) is 0.438. The first-order valence-electron chi connectivity index (χ1n) is 7.28. The van der Waals surface area contributed by atoms with Crippen molar-refractivity contribution in [3.63, 3.8) is 0 Å². The molecule has 0 saturated carbocycles.